The van der Waals surface area contributed by atoms with Gasteiger partial charge in [-0.15, -0.1) is 0 Å². The lowest BCUT2D eigenvalue weighted by Gasteiger charge is -2.10. The fraction of sp³-hybridized carbons (Fsp3) is 0.273. The molecular formula is C11H12O5. The van der Waals surface area contributed by atoms with Gasteiger partial charge >= 0.3 is 5.97 Å². The highest BCUT2D eigenvalue weighted by molar-refractivity contribution is 5.98. The molecule has 0 bridgehead atoms. The molecule has 0 aliphatic carbocycles. The van der Waals surface area contributed by atoms with Gasteiger partial charge in [-0.1, -0.05) is 0 Å². The Bertz CT molecular complexity index is 436. The third-order valence-corrected chi connectivity index (χ3v) is 2.18. The zero-order chi connectivity index (χ0) is 12.3. The summed E-state index contributed by atoms with van der Waals surface area (Å²) in [4.78, 5) is 22.2. The molecule has 1 aromatic rings. The molecule has 0 atom stereocenters. The van der Waals surface area contributed by atoms with Gasteiger partial charge in [-0.2, -0.15) is 0 Å². The minimum Gasteiger partial charge on any atom is -0.507 e. The number of hydrogen-bond acceptors (Lipinski definition) is 5. The summed E-state index contributed by atoms with van der Waals surface area (Å²) in [6.45, 7) is 3.25. The van der Waals surface area contributed by atoms with E-state index in [2.05, 4.69) is 0 Å². The minimum absolute atomic E-state index is 0.0270. The summed E-state index contributed by atoms with van der Waals surface area (Å²) in [6, 6.07) is 0.947. The van der Waals surface area contributed by atoms with E-state index < -0.39 is 11.7 Å². The van der Waals surface area contributed by atoms with Crippen molar-refractivity contribution >= 4 is 12.3 Å². The van der Waals surface area contributed by atoms with E-state index >= 15 is 0 Å². The molecule has 5 nitrogen and oxygen atoms in total. The summed E-state index contributed by atoms with van der Waals surface area (Å²) in [5.41, 5.74) is 0.0774. The van der Waals surface area contributed by atoms with Crippen LogP contribution in [0.4, 0.5) is 0 Å². The fourth-order valence-electron chi connectivity index (χ4n) is 1.41. The van der Waals surface area contributed by atoms with E-state index in [4.69, 9.17) is 4.74 Å². The first kappa shape index (κ1) is 12.0. The molecular weight excluding hydrogens is 212 g/mol. The average molecular weight is 224 g/mol. The Hall–Kier alpha value is -2.04. The van der Waals surface area contributed by atoms with Crippen molar-refractivity contribution in [2.24, 2.45) is 0 Å². The summed E-state index contributed by atoms with van der Waals surface area (Å²) in [6.07, 6.45) is 0.423. The van der Waals surface area contributed by atoms with Crippen molar-refractivity contribution in [3.05, 3.63) is 22.8 Å². The molecule has 0 aromatic heterocycles. The van der Waals surface area contributed by atoms with Crippen molar-refractivity contribution in [3.63, 3.8) is 0 Å². The number of phenols is 2. The smallest absolute Gasteiger partial charge is 0.342 e. The maximum atomic E-state index is 11.5. The van der Waals surface area contributed by atoms with E-state index in [-0.39, 0.29) is 29.0 Å². The number of hydrogen-bond donors (Lipinski definition) is 2. The summed E-state index contributed by atoms with van der Waals surface area (Å²) in [5, 5.41) is 18.9. The lowest BCUT2D eigenvalue weighted by atomic mass is 10.0. The maximum Gasteiger partial charge on any atom is 0.342 e. The summed E-state index contributed by atoms with van der Waals surface area (Å²) in [7, 11) is 0. The Balaban J connectivity index is 3.39. The van der Waals surface area contributed by atoms with E-state index in [1.54, 1.807) is 6.92 Å². The van der Waals surface area contributed by atoms with Crippen LogP contribution in [0.2, 0.25) is 0 Å². The van der Waals surface area contributed by atoms with Crippen molar-refractivity contribution in [1.29, 1.82) is 0 Å². The highest BCUT2D eigenvalue weighted by Crippen LogP contribution is 2.31. The number of benzene rings is 1. The molecule has 0 heterocycles. The molecule has 0 amide bonds. The van der Waals surface area contributed by atoms with Gasteiger partial charge in [0.1, 0.15) is 17.1 Å². The second-order valence-electron chi connectivity index (χ2n) is 3.17. The third kappa shape index (κ3) is 1.98. The summed E-state index contributed by atoms with van der Waals surface area (Å²) < 4.78 is 4.73. The summed E-state index contributed by atoms with van der Waals surface area (Å²) >= 11 is 0. The minimum atomic E-state index is -0.722. The number of aldehydes is 1. The molecule has 0 spiro atoms. The quantitative estimate of drug-likeness (QED) is 0.598. The molecule has 0 radical (unpaired) electrons. The topological polar surface area (TPSA) is 83.8 Å². The molecule has 16 heavy (non-hydrogen) atoms. The van der Waals surface area contributed by atoms with Crippen LogP contribution >= 0.6 is 0 Å². The number of phenolic OH excluding ortho intramolecular Hbond substituents is 2. The van der Waals surface area contributed by atoms with Crippen LogP contribution in [0.15, 0.2) is 6.07 Å². The number of esters is 1. The van der Waals surface area contributed by atoms with E-state index in [1.165, 1.54) is 6.92 Å². The fourth-order valence-corrected chi connectivity index (χ4v) is 1.41. The molecule has 1 aromatic carbocycles. The zero-order valence-electron chi connectivity index (χ0n) is 8.98. The standard InChI is InChI=1S/C11H12O5/c1-3-16-11(15)10-6(2)7(5-12)8(13)4-9(10)14/h4-5,13-14H,3H2,1-2H3. The van der Waals surface area contributed by atoms with Crippen LogP contribution in [0.25, 0.3) is 0 Å². The van der Waals surface area contributed by atoms with Gasteiger partial charge in [0.25, 0.3) is 0 Å². The first-order valence-corrected chi connectivity index (χ1v) is 4.70. The predicted molar refractivity (Wildman–Crippen MR) is 55.9 cm³/mol. The Labute approximate surface area is 92.3 Å². The van der Waals surface area contributed by atoms with E-state index in [0.717, 1.165) is 6.07 Å². The van der Waals surface area contributed by atoms with Crippen molar-refractivity contribution in [3.8, 4) is 11.5 Å². The summed E-state index contributed by atoms with van der Waals surface area (Å²) in [5.74, 6) is -1.49. The highest BCUT2D eigenvalue weighted by atomic mass is 16.5. The van der Waals surface area contributed by atoms with Gasteiger partial charge in [-0.05, 0) is 19.4 Å². The average Bonchev–Trinajstić information content (AvgIpc) is 2.17. The lowest BCUT2D eigenvalue weighted by Crippen LogP contribution is -2.08. The second kappa shape index (κ2) is 4.65. The van der Waals surface area contributed by atoms with Crippen LogP contribution in [0.3, 0.4) is 0 Å². The Morgan fingerprint density at radius 2 is 2.06 bits per heavy atom. The highest BCUT2D eigenvalue weighted by Gasteiger charge is 2.20. The van der Waals surface area contributed by atoms with Gasteiger partial charge in [-0.3, -0.25) is 4.79 Å². The second-order valence-corrected chi connectivity index (χ2v) is 3.17. The van der Waals surface area contributed by atoms with E-state index in [1.807, 2.05) is 0 Å². The van der Waals surface area contributed by atoms with Crippen molar-refractivity contribution < 1.29 is 24.5 Å². The Kier molecular flexibility index (Phi) is 3.50. The number of aromatic hydroxyl groups is 2. The number of carbonyl (C=O) groups is 2. The molecule has 0 unspecified atom stereocenters. The lowest BCUT2D eigenvalue weighted by molar-refractivity contribution is 0.0522. The zero-order valence-corrected chi connectivity index (χ0v) is 8.98. The van der Waals surface area contributed by atoms with Gasteiger partial charge in [0.2, 0.25) is 0 Å². The number of carbonyl (C=O) groups excluding carboxylic acids is 2. The van der Waals surface area contributed by atoms with Gasteiger partial charge in [0.15, 0.2) is 6.29 Å². The predicted octanol–water partition coefficient (Wildman–Crippen LogP) is 1.40. The van der Waals surface area contributed by atoms with E-state index in [0.29, 0.717) is 6.29 Å². The largest absolute Gasteiger partial charge is 0.507 e. The van der Waals surface area contributed by atoms with Crippen molar-refractivity contribution in [2.45, 2.75) is 13.8 Å². The van der Waals surface area contributed by atoms with Crippen LogP contribution in [0.5, 0.6) is 11.5 Å². The van der Waals surface area contributed by atoms with Crippen LogP contribution < -0.4 is 0 Å². The van der Waals surface area contributed by atoms with Crippen LogP contribution in [-0.4, -0.2) is 29.1 Å². The van der Waals surface area contributed by atoms with E-state index in [9.17, 15) is 19.8 Å². The van der Waals surface area contributed by atoms with Crippen LogP contribution in [0.1, 0.15) is 33.2 Å². The number of rotatable bonds is 3. The Morgan fingerprint density at radius 1 is 1.44 bits per heavy atom. The first-order valence-electron chi connectivity index (χ1n) is 4.70. The molecule has 5 heteroatoms. The SMILES string of the molecule is CCOC(=O)c1c(O)cc(O)c(C=O)c1C. The van der Waals surface area contributed by atoms with Gasteiger partial charge < -0.3 is 14.9 Å². The normalized spacial score (nSPS) is 9.88. The molecule has 86 valence electrons. The molecule has 2 N–H and O–H groups in total. The monoisotopic (exact) mass is 224 g/mol. The van der Waals surface area contributed by atoms with Crippen molar-refractivity contribution in [1.82, 2.24) is 0 Å². The van der Waals surface area contributed by atoms with Crippen LogP contribution in [-0.2, 0) is 4.74 Å². The van der Waals surface area contributed by atoms with Gasteiger partial charge in [0, 0.05) is 6.07 Å². The first-order chi connectivity index (χ1) is 7.52. The molecule has 0 saturated carbocycles. The van der Waals surface area contributed by atoms with Crippen molar-refractivity contribution in [2.75, 3.05) is 6.61 Å². The van der Waals surface area contributed by atoms with Crippen LogP contribution in [0, 0.1) is 6.92 Å². The number of ether oxygens (including phenoxy) is 1. The van der Waals surface area contributed by atoms with Gasteiger partial charge in [-0.25, -0.2) is 4.79 Å². The Morgan fingerprint density at radius 3 is 2.56 bits per heavy atom. The molecule has 0 saturated heterocycles. The molecule has 0 aliphatic rings. The molecule has 0 aliphatic heterocycles. The molecule has 1 rings (SSSR count). The van der Waals surface area contributed by atoms with Gasteiger partial charge in [0.05, 0.1) is 12.2 Å². The third-order valence-electron chi connectivity index (χ3n) is 2.18. The maximum absolute atomic E-state index is 11.5. The molecule has 0 fully saturated rings.